The van der Waals surface area contributed by atoms with Gasteiger partial charge in [-0.05, 0) is 66.6 Å². The average Bonchev–Trinajstić information content (AvgIpc) is 3.51. The van der Waals surface area contributed by atoms with E-state index in [4.69, 9.17) is 4.74 Å². The minimum atomic E-state index is 0.248. The van der Waals surface area contributed by atoms with Crippen LogP contribution in [0.25, 0.3) is 22.2 Å². The highest BCUT2D eigenvalue weighted by Gasteiger charge is 2.24. The molecule has 5 rings (SSSR count). The standard InChI is InChI=1S/C27H30N4O2/c1-33-21-8-6-20(7-9-21)27-23(22-4-2-3-5-24(22)30-27)10-11-26(32)31-16-12-19(13-17-31)18-25-28-14-15-29-25/h2-9,14-15,19,30H,10-13,16-18H2,1H3,(H,28,29). The van der Waals surface area contributed by atoms with E-state index in [9.17, 15) is 4.79 Å². The van der Waals surface area contributed by atoms with Gasteiger partial charge in [0.25, 0.3) is 0 Å². The third kappa shape index (κ3) is 4.65. The minimum Gasteiger partial charge on any atom is -0.497 e. The first-order chi connectivity index (χ1) is 16.2. The highest BCUT2D eigenvalue weighted by atomic mass is 16.5. The molecule has 2 aromatic carbocycles. The van der Waals surface area contributed by atoms with Gasteiger partial charge in [0, 0.05) is 54.9 Å². The van der Waals surface area contributed by atoms with Gasteiger partial charge in [-0.3, -0.25) is 4.79 Å². The average molecular weight is 443 g/mol. The Bertz CT molecular complexity index is 1200. The monoisotopic (exact) mass is 442 g/mol. The second-order valence-corrected chi connectivity index (χ2v) is 8.82. The van der Waals surface area contributed by atoms with Gasteiger partial charge in [0.1, 0.15) is 11.6 Å². The van der Waals surface area contributed by atoms with Crippen LogP contribution in [0.1, 0.15) is 30.7 Å². The molecule has 0 spiro atoms. The summed E-state index contributed by atoms with van der Waals surface area (Å²) < 4.78 is 5.31. The zero-order chi connectivity index (χ0) is 22.6. The number of benzene rings is 2. The van der Waals surface area contributed by atoms with Gasteiger partial charge in [-0.2, -0.15) is 0 Å². The summed E-state index contributed by atoms with van der Waals surface area (Å²) in [5.74, 6) is 2.72. The van der Waals surface area contributed by atoms with Gasteiger partial charge < -0.3 is 19.6 Å². The number of para-hydroxylation sites is 1. The summed E-state index contributed by atoms with van der Waals surface area (Å²) in [7, 11) is 1.68. The normalized spacial score (nSPS) is 14.6. The second kappa shape index (κ2) is 9.53. The van der Waals surface area contributed by atoms with Crippen molar-refractivity contribution < 1.29 is 9.53 Å². The lowest BCUT2D eigenvalue weighted by atomic mass is 9.93. The van der Waals surface area contributed by atoms with Crippen LogP contribution in [-0.2, 0) is 17.6 Å². The van der Waals surface area contributed by atoms with Crippen molar-refractivity contribution >= 4 is 16.8 Å². The van der Waals surface area contributed by atoms with E-state index in [1.165, 1.54) is 10.9 Å². The predicted octanol–water partition coefficient (Wildman–Crippen LogP) is 4.98. The van der Waals surface area contributed by atoms with Crippen LogP contribution in [0, 0.1) is 5.92 Å². The highest BCUT2D eigenvalue weighted by molar-refractivity contribution is 5.91. The third-order valence-corrected chi connectivity index (χ3v) is 6.79. The SMILES string of the molecule is COc1ccc(-c2[nH]c3ccccc3c2CCC(=O)N2CCC(Cc3ncc[nH]3)CC2)cc1. The summed E-state index contributed by atoms with van der Waals surface area (Å²) in [5.41, 5.74) is 4.50. The number of hydrogen-bond donors (Lipinski definition) is 2. The Morgan fingerprint density at radius 3 is 2.64 bits per heavy atom. The number of carbonyl (C=O) groups is 1. The molecule has 1 saturated heterocycles. The molecule has 6 nitrogen and oxygen atoms in total. The first kappa shape index (κ1) is 21.3. The van der Waals surface area contributed by atoms with Gasteiger partial charge in [0.15, 0.2) is 0 Å². The molecule has 0 unspecified atom stereocenters. The number of carbonyl (C=O) groups excluding carboxylic acids is 1. The second-order valence-electron chi connectivity index (χ2n) is 8.82. The number of fused-ring (bicyclic) bond motifs is 1. The molecule has 2 aromatic heterocycles. The molecule has 1 aliphatic heterocycles. The number of piperidine rings is 1. The summed E-state index contributed by atoms with van der Waals surface area (Å²) in [6.07, 6.45) is 7.96. The number of aromatic amines is 2. The van der Waals surface area contributed by atoms with Crippen molar-refractivity contribution in [3.63, 3.8) is 0 Å². The zero-order valence-electron chi connectivity index (χ0n) is 19.0. The fraction of sp³-hybridized carbons (Fsp3) is 0.333. The third-order valence-electron chi connectivity index (χ3n) is 6.79. The van der Waals surface area contributed by atoms with Crippen LogP contribution in [0.15, 0.2) is 60.9 Å². The van der Waals surface area contributed by atoms with Crippen molar-refractivity contribution in [3.8, 4) is 17.0 Å². The lowest BCUT2D eigenvalue weighted by molar-refractivity contribution is -0.132. The number of ether oxygens (including phenoxy) is 1. The lowest BCUT2D eigenvalue weighted by Gasteiger charge is -2.31. The van der Waals surface area contributed by atoms with Gasteiger partial charge in [-0.25, -0.2) is 4.98 Å². The van der Waals surface area contributed by atoms with Crippen molar-refractivity contribution in [2.24, 2.45) is 5.92 Å². The largest absolute Gasteiger partial charge is 0.497 e. The van der Waals surface area contributed by atoms with Gasteiger partial charge >= 0.3 is 0 Å². The Morgan fingerprint density at radius 1 is 1.12 bits per heavy atom. The Balaban J connectivity index is 1.27. The van der Waals surface area contributed by atoms with E-state index < -0.39 is 0 Å². The molecule has 1 aliphatic rings. The number of aryl methyl sites for hydroxylation is 1. The molecule has 0 aliphatic carbocycles. The van der Waals surface area contributed by atoms with Crippen molar-refractivity contribution in [3.05, 3.63) is 72.3 Å². The molecule has 4 aromatic rings. The molecule has 0 radical (unpaired) electrons. The molecule has 33 heavy (non-hydrogen) atoms. The fourth-order valence-corrected chi connectivity index (χ4v) is 4.92. The molecule has 0 bridgehead atoms. The van der Waals surface area contributed by atoms with Gasteiger partial charge in [0.2, 0.25) is 5.91 Å². The summed E-state index contributed by atoms with van der Waals surface area (Å²) in [4.78, 5) is 26.2. The Morgan fingerprint density at radius 2 is 1.91 bits per heavy atom. The number of H-pyrrole nitrogens is 2. The van der Waals surface area contributed by atoms with Gasteiger partial charge in [-0.15, -0.1) is 0 Å². The molecule has 3 heterocycles. The van der Waals surface area contributed by atoms with Crippen molar-refractivity contribution in [1.82, 2.24) is 19.9 Å². The molecule has 6 heteroatoms. The smallest absolute Gasteiger partial charge is 0.222 e. The summed E-state index contributed by atoms with van der Waals surface area (Å²) in [6, 6.07) is 16.4. The van der Waals surface area contributed by atoms with E-state index in [1.54, 1.807) is 13.3 Å². The maximum absolute atomic E-state index is 13.1. The van der Waals surface area contributed by atoms with Crippen LogP contribution in [0.3, 0.4) is 0 Å². The number of methoxy groups -OCH3 is 1. The molecular formula is C27H30N4O2. The number of rotatable bonds is 7. The maximum atomic E-state index is 13.1. The Labute approximate surface area is 194 Å². The number of aromatic nitrogens is 3. The molecule has 170 valence electrons. The van der Waals surface area contributed by atoms with Gasteiger partial charge in [0.05, 0.1) is 7.11 Å². The van der Waals surface area contributed by atoms with Gasteiger partial charge in [-0.1, -0.05) is 18.2 Å². The van der Waals surface area contributed by atoms with Crippen LogP contribution < -0.4 is 4.74 Å². The molecule has 1 amide bonds. The van der Waals surface area contributed by atoms with Crippen LogP contribution in [-0.4, -0.2) is 46.0 Å². The topological polar surface area (TPSA) is 74.0 Å². The van der Waals surface area contributed by atoms with E-state index in [1.807, 2.05) is 29.3 Å². The molecule has 1 fully saturated rings. The summed E-state index contributed by atoms with van der Waals surface area (Å²) in [5, 5.41) is 1.19. The Kier molecular flexibility index (Phi) is 6.15. The molecule has 0 atom stereocenters. The van der Waals surface area contributed by atoms with Crippen LogP contribution in [0.5, 0.6) is 5.75 Å². The number of nitrogens with one attached hydrogen (secondary N) is 2. The zero-order valence-corrected chi connectivity index (χ0v) is 19.0. The van der Waals surface area contributed by atoms with E-state index in [0.29, 0.717) is 12.3 Å². The van der Waals surface area contributed by atoms with Crippen LogP contribution >= 0.6 is 0 Å². The quantitative estimate of drug-likeness (QED) is 0.424. The highest BCUT2D eigenvalue weighted by Crippen LogP contribution is 2.32. The first-order valence-corrected chi connectivity index (χ1v) is 11.7. The van der Waals surface area contributed by atoms with E-state index in [-0.39, 0.29) is 5.91 Å². The minimum absolute atomic E-state index is 0.248. The summed E-state index contributed by atoms with van der Waals surface area (Å²) >= 11 is 0. The summed E-state index contributed by atoms with van der Waals surface area (Å²) in [6.45, 7) is 1.67. The predicted molar refractivity (Wildman–Crippen MR) is 130 cm³/mol. The van der Waals surface area contributed by atoms with Crippen LogP contribution in [0.2, 0.25) is 0 Å². The maximum Gasteiger partial charge on any atom is 0.222 e. The fourth-order valence-electron chi connectivity index (χ4n) is 4.92. The molecule has 2 N–H and O–H groups in total. The van der Waals surface area contributed by atoms with E-state index in [2.05, 4.69) is 45.3 Å². The number of imidazole rings is 1. The molecule has 0 saturated carbocycles. The number of hydrogen-bond acceptors (Lipinski definition) is 3. The lowest BCUT2D eigenvalue weighted by Crippen LogP contribution is -2.39. The Hall–Kier alpha value is -3.54. The van der Waals surface area contributed by atoms with Crippen molar-refractivity contribution in [2.45, 2.75) is 32.1 Å². The van der Waals surface area contributed by atoms with E-state index >= 15 is 0 Å². The number of nitrogens with zero attached hydrogens (tertiary/aromatic N) is 2. The first-order valence-electron chi connectivity index (χ1n) is 11.7. The molecular weight excluding hydrogens is 412 g/mol. The van der Waals surface area contributed by atoms with Crippen LogP contribution in [0.4, 0.5) is 0 Å². The van der Waals surface area contributed by atoms with Crippen molar-refractivity contribution in [1.29, 1.82) is 0 Å². The van der Waals surface area contributed by atoms with E-state index in [0.717, 1.165) is 67.1 Å². The number of likely N-dealkylation sites (tertiary alicyclic amines) is 1. The number of amides is 1. The van der Waals surface area contributed by atoms with Crippen molar-refractivity contribution in [2.75, 3.05) is 20.2 Å².